The molecular weight excluding hydrogens is 402 g/mol. The molecule has 0 aliphatic heterocycles. The molecule has 0 saturated heterocycles. The van der Waals surface area contributed by atoms with Gasteiger partial charge >= 0.3 is 5.97 Å². The van der Waals surface area contributed by atoms with Crippen LogP contribution in [0.4, 0.5) is 5.69 Å². The number of para-hydroxylation sites is 1. The van der Waals surface area contributed by atoms with E-state index in [0.29, 0.717) is 16.2 Å². The van der Waals surface area contributed by atoms with Gasteiger partial charge in [-0.05, 0) is 54.8 Å². The fourth-order valence-corrected chi connectivity index (χ4v) is 4.69. The summed E-state index contributed by atoms with van der Waals surface area (Å²) in [5, 5.41) is 15.0. The lowest BCUT2D eigenvalue weighted by Crippen LogP contribution is -2.13. The Morgan fingerprint density at radius 3 is 2.43 bits per heavy atom. The van der Waals surface area contributed by atoms with E-state index in [0.717, 1.165) is 22.1 Å². The predicted molar refractivity (Wildman–Crippen MR) is 117 cm³/mol. The van der Waals surface area contributed by atoms with Gasteiger partial charge in [-0.1, -0.05) is 18.2 Å². The number of thiophene rings is 1. The van der Waals surface area contributed by atoms with E-state index in [-0.39, 0.29) is 17.0 Å². The first-order valence-corrected chi connectivity index (χ1v) is 10.1. The number of amides is 1. The van der Waals surface area contributed by atoms with E-state index in [1.807, 2.05) is 44.2 Å². The SMILES string of the molecule is COc1cc(C)c(-c2scc(NC(=O)c3cc4ccccc4o3)c2C(=O)O)c(C)c1. The van der Waals surface area contributed by atoms with Crippen LogP contribution in [0.15, 0.2) is 52.3 Å². The summed E-state index contributed by atoms with van der Waals surface area (Å²) < 4.78 is 10.9. The van der Waals surface area contributed by atoms with E-state index in [9.17, 15) is 14.7 Å². The molecule has 2 aromatic carbocycles. The maximum atomic E-state index is 12.7. The molecule has 0 bridgehead atoms. The fourth-order valence-electron chi connectivity index (χ4n) is 3.52. The van der Waals surface area contributed by atoms with Gasteiger partial charge in [-0.15, -0.1) is 11.3 Å². The molecule has 2 N–H and O–H groups in total. The summed E-state index contributed by atoms with van der Waals surface area (Å²) in [6.45, 7) is 3.81. The summed E-state index contributed by atoms with van der Waals surface area (Å²) in [5.41, 5.74) is 3.50. The first kappa shape index (κ1) is 19.7. The highest BCUT2D eigenvalue weighted by Crippen LogP contribution is 2.40. The Kier molecular flexibility index (Phi) is 5.05. The molecule has 0 atom stereocenters. The zero-order chi connectivity index (χ0) is 21.4. The molecule has 0 aliphatic rings. The molecule has 7 heteroatoms. The largest absolute Gasteiger partial charge is 0.497 e. The number of anilines is 1. The van der Waals surface area contributed by atoms with Crippen molar-refractivity contribution < 1.29 is 23.8 Å². The summed E-state index contributed by atoms with van der Waals surface area (Å²) >= 11 is 1.27. The second kappa shape index (κ2) is 7.68. The third kappa shape index (κ3) is 3.44. The number of carbonyl (C=O) groups is 2. The van der Waals surface area contributed by atoms with Gasteiger partial charge in [0.05, 0.1) is 17.7 Å². The Hall–Kier alpha value is -3.58. The van der Waals surface area contributed by atoms with Crippen molar-refractivity contribution in [3.8, 4) is 16.2 Å². The minimum Gasteiger partial charge on any atom is -0.497 e. The van der Waals surface area contributed by atoms with Crippen molar-refractivity contribution in [2.45, 2.75) is 13.8 Å². The van der Waals surface area contributed by atoms with Crippen LogP contribution in [-0.2, 0) is 0 Å². The number of aryl methyl sites for hydroxylation is 2. The monoisotopic (exact) mass is 421 g/mol. The number of fused-ring (bicyclic) bond motifs is 1. The highest BCUT2D eigenvalue weighted by atomic mass is 32.1. The Bertz CT molecular complexity index is 1230. The highest BCUT2D eigenvalue weighted by Gasteiger charge is 2.24. The van der Waals surface area contributed by atoms with E-state index in [2.05, 4.69) is 5.32 Å². The second-order valence-corrected chi connectivity index (χ2v) is 7.78. The lowest BCUT2D eigenvalue weighted by atomic mass is 9.98. The molecule has 0 fully saturated rings. The van der Waals surface area contributed by atoms with E-state index in [4.69, 9.17) is 9.15 Å². The molecule has 4 aromatic rings. The molecule has 0 saturated carbocycles. The van der Waals surface area contributed by atoms with Crippen LogP contribution in [-0.4, -0.2) is 24.1 Å². The zero-order valence-corrected chi connectivity index (χ0v) is 17.4. The number of ether oxygens (including phenoxy) is 1. The first-order valence-electron chi connectivity index (χ1n) is 9.19. The Balaban J connectivity index is 1.73. The maximum Gasteiger partial charge on any atom is 0.339 e. The molecule has 4 rings (SSSR count). The van der Waals surface area contributed by atoms with Gasteiger partial charge in [0.2, 0.25) is 0 Å². The van der Waals surface area contributed by atoms with Crippen LogP contribution in [0.5, 0.6) is 5.75 Å². The van der Waals surface area contributed by atoms with Gasteiger partial charge in [-0.25, -0.2) is 4.79 Å². The molecule has 0 unspecified atom stereocenters. The molecule has 0 spiro atoms. The van der Waals surface area contributed by atoms with Crippen molar-refractivity contribution in [3.05, 3.63) is 70.3 Å². The standard InChI is InChI=1S/C23H19NO5S/c1-12-8-15(28-3)9-13(2)19(12)21-20(23(26)27)16(11-30-21)24-22(25)18-10-14-6-4-5-7-17(14)29-18/h4-11H,1-3H3,(H,24,25)(H,26,27). The van der Waals surface area contributed by atoms with Gasteiger partial charge in [0.25, 0.3) is 5.91 Å². The number of aromatic carboxylic acids is 1. The molecule has 1 amide bonds. The summed E-state index contributed by atoms with van der Waals surface area (Å²) in [5.74, 6) is -0.778. The molecule has 152 valence electrons. The lowest BCUT2D eigenvalue weighted by molar-refractivity contribution is 0.0699. The normalized spacial score (nSPS) is 10.9. The van der Waals surface area contributed by atoms with Crippen molar-refractivity contribution in [1.82, 2.24) is 0 Å². The molecular formula is C23H19NO5S. The van der Waals surface area contributed by atoms with Crippen LogP contribution in [0.1, 0.15) is 32.0 Å². The number of rotatable bonds is 5. The van der Waals surface area contributed by atoms with Crippen LogP contribution >= 0.6 is 11.3 Å². The van der Waals surface area contributed by atoms with Gasteiger partial charge < -0.3 is 19.6 Å². The zero-order valence-electron chi connectivity index (χ0n) is 16.6. The average molecular weight is 421 g/mol. The number of furan rings is 1. The molecule has 2 aromatic heterocycles. The van der Waals surface area contributed by atoms with E-state index in [1.54, 1.807) is 24.6 Å². The maximum absolute atomic E-state index is 12.7. The van der Waals surface area contributed by atoms with Crippen LogP contribution in [0, 0.1) is 13.8 Å². The van der Waals surface area contributed by atoms with E-state index in [1.165, 1.54) is 11.3 Å². The van der Waals surface area contributed by atoms with Gasteiger partial charge in [0.1, 0.15) is 16.9 Å². The second-order valence-electron chi connectivity index (χ2n) is 6.90. The Morgan fingerprint density at radius 2 is 1.80 bits per heavy atom. The highest BCUT2D eigenvalue weighted by molar-refractivity contribution is 7.14. The number of carbonyl (C=O) groups excluding carboxylic acids is 1. The van der Waals surface area contributed by atoms with Crippen molar-refractivity contribution in [2.75, 3.05) is 12.4 Å². The molecule has 2 heterocycles. The Labute approximate surface area is 176 Å². The lowest BCUT2D eigenvalue weighted by Gasteiger charge is -2.12. The number of carboxylic acids is 1. The first-order chi connectivity index (χ1) is 14.4. The number of methoxy groups -OCH3 is 1. The minimum atomic E-state index is -1.11. The summed E-state index contributed by atoms with van der Waals surface area (Å²) in [4.78, 5) is 25.4. The van der Waals surface area contributed by atoms with Crippen molar-refractivity contribution in [2.24, 2.45) is 0 Å². The summed E-state index contributed by atoms with van der Waals surface area (Å²) in [6.07, 6.45) is 0. The molecule has 0 aliphatic carbocycles. The number of benzene rings is 2. The number of carboxylic acid groups (broad SMARTS) is 1. The summed E-state index contributed by atoms with van der Waals surface area (Å²) in [7, 11) is 1.59. The number of nitrogens with one attached hydrogen (secondary N) is 1. The fraction of sp³-hybridized carbons (Fsp3) is 0.130. The van der Waals surface area contributed by atoms with E-state index >= 15 is 0 Å². The quantitative estimate of drug-likeness (QED) is 0.429. The van der Waals surface area contributed by atoms with Crippen molar-refractivity contribution in [1.29, 1.82) is 0 Å². The summed E-state index contributed by atoms with van der Waals surface area (Å²) in [6, 6.07) is 12.6. The topological polar surface area (TPSA) is 88.8 Å². The van der Waals surface area contributed by atoms with Crippen LogP contribution in [0.3, 0.4) is 0 Å². The predicted octanol–water partition coefficient (Wildman–Crippen LogP) is 5.74. The van der Waals surface area contributed by atoms with E-state index < -0.39 is 11.9 Å². The minimum absolute atomic E-state index is 0.0563. The molecule has 0 radical (unpaired) electrons. The number of hydrogen-bond donors (Lipinski definition) is 2. The third-order valence-corrected chi connectivity index (χ3v) is 5.87. The van der Waals surface area contributed by atoms with Gasteiger partial charge in [-0.3, -0.25) is 4.79 Å². The van der Waals surface area contributed by atoms with Gasteiger partial charge in [0.15, 0.2) is 5.76 Å². The average Bonchev–Trinajstić information content (AvgIpc) is 3.31. The Morgan fingerprint density at radius 1 is 1.10 bits per heavy atom. The number of hydrogen-bond acceptors (Lipinski definition) is 5. The van der Waals surface area contributed by atoms with Crippen molar-refractivity contribution in [3.63, 3.8) is 0 Å². The van der Waals surface area contributed by atoms with Gasteiger partial charge in [-0.2, -0.15) is 0 Å². The van der Waals surface area contributed by atoms with Gasteiger partial charge in [0, 0.05) is 10.8 Å². The molecule has 30 heavy (non-hydrogen) atoms. The van der Waals surface area contributed by atoms with Crippen molar-refractivity contribution >= 4 is 39.9 Å². The smallest absolute Gasteiger partial charge is 0.339 e. The van der Waals surface area contributed by atoms with Crippen LogP contribution in [0.2, 0.25) is 0 Å². The molecule has 6 nitrogen and oxygen atoms in total. The van der Waals surface area contributed by atoms with Crippen LogP contribution < -0.4 is 10.1 Å². The third-order valence-electron chi connectivity index (χ3n) is 4.87. The van der Waals surface area contributed by atoms with Crippen LogP contribution in [0.25, 0.3) is 21.4 Å².